The number of rotatable bonds is 5. The van der Waals surface area contributed by atoms with Crippen molar-refractivity contribution in [1.82, 2.24) is 4.90 Å². The molecule has 1 saturated heterocycles. The Balaban J connectivity index is 1.46. The zero-order chi connectivity index (χ0) is 19.1. The summed E-state index contributed by atoms with van der Waals surface area (Å²) in [7, 11) is -3.29. The van der Waals surface area contributed by atoms with Gasteiger partial charge in [-0.2, -0.15) is 0 Å². The lowest BCUT2D eigenvalue weighted by atomic mass is 9.94. The monoisotopic (exact) mass is 403 g/mol. The van der Waals surface area contributed by atoms with Gasteiger partial charge in [-0.25, -0.2) is 8.42 Å². The van der Waals surface area contributed by atoms with Gasteiger partial charge in [0.15, 0.2) is 9.84 Å². The van der Waals surface area contributed by atoms with Gasteiger partial charge in [-0.05, 0) is 42.5 Å². The summed E-state index contributed by atoms with van der Waals surface area (Å²) >= 11 is 5.96. The molecule has 2 aromatic carbocycles. The average molecular weight is 404 g/mol. The fourth-order valence-corrected chi connectivity index (χ4v) is 5.84. The van der Waals surface area contributed by atoms with E-state index in [1.165, 1.54) is 0 Å². The maximum Gasteiger partial charge on any atom is 0.233 e. The first kappa shape index (κ1) is 18.5. The lowest BCUT2D eigenvalue weighted by molar-refractivity contribution is -0.132. The molecule has 0 bridgehead atoms. The van der Waals surface area contributed by atoms with Crippen molar-refractivity contribution in [3.8, 4) is 0 Å². The smallest absolute Gasteiger partial charge is 0.233 e. The lowest BCUT2D eigenvalue weighted by Crippen LogP contribution is -2.39. The first-order chi connectivity index (χ1) is 12.9. The van der Waals surface area contributed by atoms with Crippen LogP contribution in [0.1, 0.15) is 30.4 Å². The summed E-state index contributed by atoms with van der Waals surface area (Å²) in [5.74, 6) is 0.0882. The van der Waals surface area contributed by atoms with E-state index in [0.717, 1.165) is 24.0 Å². The van der Waals surface area contributed by atoms with Crippen molar-refractivity contribution < 1.29 is 13.2 Å². The van der Waals surface area contributed by atoms with E-state index >= 15 is 0 Å². The van der Waals surface area contributed by atoms with Crippen LogP contribution < -0.4 is 0 Å². The summed E-state index contributed by atoms with van der Waals surface area (Å²) in [6.07, 6.45) is 2.13. The number of carbonyl (C=O) groups is 1. The molecule has 2 fully saturated rings. The zero-order valence-electron chi connectivity index (χ0n) is 15.0. The summed E-state index contributed by atoms with van der Waals surface area (Å²) in [4.78, 5) is 14.9. The second-order valence-corrected chi connectivity index (χ2v) is 10.3. The van der Waals surface area contributed by atoms with Crippen LogP contribution >= 0.6 is 11.6 Å². The molecule has 1 atom stereocenters. The molecule has 2 aromatic rings. The Morgan fingerprint density at radius 2 is 1.74 bits per heavy atom. The SMILES string of the molecule is O=C(N1CCC(S(=O)(=O)Cc2ccccc2)C1)C1(c2ccc(Cl)cc2)CC1. The van der Waals surface area contributed by atoms with Gasteiger partial charge in [-0.3, -0.25) is 4.79 Å². The Kier molecular flexibility index (Phi) is 4.77. The van der Waals surface area contributed by atoms with Crippen LogP contribution in [0.2, 0.25) is 5.02 Å². The number of amides is 1. The minimum absolute atomic E-state index is 0.0306. The zero-order valence-corrected chi connectivity index (χ0v) is 16.5. The fourth-order valence-electron chi connectivity index (χ4n) is 3.95. The van der Waals surface area contributed by atoms with Crippen molar-refractivity contribution >= 4 is 27.3 Å². The standard InChI is InChI=1S/C21H22ClNO3S/c22-18-8-6-17(7-9-18)21(11-12-21)20(24)23-13-10-19(14-23)27(25,26)15-16-4-2-1-3-5-16/h1-9,19H,10-15H2. The molecule has 1 unspecified atom stereocenters. The number of carbonyl (C=O) groups excluding carboxylic acids is 1. The number of nitrogens with zero attached hydrogens (tertiary/aromatic N) is 1. The predicted octanol–water partition coefficient (Wildman–Crippen LogP) is 3.59. The molecule has 1 amide bonds. The summed E-state index contributed by atoms with van der Waals surface area (Å²) in [5, 5.41) is 0.165. The third-order valence-corrected chi connectivity index (χ3v) is 8.10. The van der Waals surface area contributed by atoms with Crippen LogP contribution in [0.25, 0.3) is 0 Å². The van der Waals surface area contributed by atoms with Crippen molar-refractivity contribution in [2.75, 3.05) is 13.1 Å². The Bertz CT molecular complexity index is 937. The van der Waals surface area contributed by atoms with Gasteiger partial charge in [-0.1, -0.05) is 54.1 Å². The Hall–Kier alpha value is -1.85. The van der Waals surface area contributed by atoms with Crippen LogP contribution in [0, 0.1) is 0 Å². The molecule has 1 heterocycles. The number of hydrogen-bond donors (Lipinski definition) is 0. The molecule has 6 heteroatoms. The third-order valence-electron chi connectivity index (χ3n) is 5.71. The van der Waals surface area contributed by atoms with Gasteiger partial charge in [0.05, 0.1) is 16.4 Å². The maximum absolute atomic E-state index is 13.1. The maximum atomic E-state index is 13.1. The normalized spacial score (nSPS) is 21.2. The molecule has 4 rings (SSSR count). The molecule has 0 radical (unpaired) electrons. The minimum Gasteiger partial charge on any atom is -0.341 e. The van der Waals surface area contributed by atoms with E-state index in [4.69, 9.17) is 11.6 Å². The van der Waals surface area contributed by atoms with E-state index in [1.54, 1.807) is 17.0 Å². The second-order valence-electron chi connectivity index (χ2n) is 7.54. The van der Waals surface area contributed by atoms with E-state index in [-0.39, 0.29) is 11.7 Å². The van der Waals surface area contributed by atoms with Crippen LogP contribution in [0.4, 0.5) is 0 Å². The van der Waals surface area contributed by atoms with Gasteiger partial charge < -0.3 is 4.90 Å². The largest absolute Gasteiger partial charge is 0.341 e. The molecule has 4 nitrogen and oxygen atoms in total. The van der Waals surface area contributed by atoms with Crippen molar-refractivity contribution in [3.63, 3.8) is 0 Å². The van der Waals surface area contributed by atoms with Crippen molar-refractivity contribution in [2.45, 2.75) is 35.7 Å². The Morgan fingerprint density at radius 1 is 1.07 bits per heavy atom. The Labute approximate surface area is 165 Å². The molecule has 0 aromatic heterocycles. The highest BCUT2D eigenvalue weighted by atomic mass is 35.5. The molecule has 142 valence electrons. The molecule has 1 saturated carbocycles. The van der Waals surface area contributed by atoms with Gasteiger partial charge in [-0.15, -0.1) is 0 Å². The molecular formula is C21H22ClNO3S. The summed E-state index contributed by atoms with van der Waals surface area (Å²) in [6.45, 7) is 0.802. The van der Waals surface area contributed by atoms with E-state index in [1.807, 2.05) is 42.5 Å². The second kappa shape index (κ2) is 6.95. The van der Waals surface area contributed by atoms with Crippen molar-refractivity contribution in [1.29, 1.82) is 0 Å². The van der Waals surface area contributed by atoms with Crippen molar-refractivity contribution in [3.05, 3.63) is 70.7 Å². The van der Waals surface area contributed by atoms with Crippen LogP contribution in [-0.2, 0) is 25.8 Å². The van der Waals surface area contributed by atoms with E-state index in [0.29, 0.717) is 24.5 Å². The highest BCUT2D eigenvalue weighted by Crippen LogP contribution is 2.50. The van der Waals surface area contributed by atoms with Crippen molar-refractivity contribution in [2.24, 2.45) is 0 Å². The van der Waals surface area contributed by atoms with Crippen LogP contribution in [-0.4, -0.2) is 37.6 Å². The number of hydrogen-bond acceptors (Lipinski definition) is 3. The van der Waals surface area contributed by atoms with Crippen LogP contribution in [0.15, 0.2) is 54.6 Å². The van der Waals surface area contributed by atoms with Gasteiger partial charge in [0.1, 0.15) is 0 Å². The molecular weight excluding hydrogens is 382 g/mol. The molecule has 1 aliphatic heterocycles. The summed E-state index contributed by atoms with van der Waals surface area (Å²) < 4.78 is 25.6. The molecule has 27 heavy (non-hydrogen) atoms. The topological polar surface area (TPSA) is 54.5 Å². The molecule has 1 aliphatic carbocycles. The number of halogens is 1. The fraction of sp³-hybridized carbons (Fsp3) is 0.381. The Morgan fingerprint density at radius 3 is 2.37 bits per heavy atom. The molecule has 0 N–H and O–H groups in total. The number of likely N-dealkylation sites (tertiary alicyclic amines) is 1. The lowest BCUT2D eigenvalue weighted by Gasteiger charge is -2.23. The summed E-state index contributed by atoms with van der Waals surface area (Å²) in [5.41, 5.74) is 1.29. The first-order valence-electron chi connectivity index (χ1n) is 9.22. The first-order valence-corrected chi connectivity index (χ1v) is 11.3. The number of sulfone groups is 1. The van der Waals surface area contributed by atoms with E-state index in [2.05, 4.69) is 0 Å². The van der Waals surface area contributed by atoms with Crippen LogP contribution in [0.3, 0.4) is 0 Å². The highest BCUT2D eigenvalue weighted by molar-refractivity contribution is 7.91. The molecule has 0 spiro atoms. The third kappa shape index (κ3) is 3.63. The van der Waals surface area contributed by atoms with Crippen LogP contribution in [0.5, 0.6) is 0 Å². The van der Waals surface area contributed by atoms with E-state index in [9.17, 15) is 13.2 Å². The molecule has 2 aliphatic rings. The van der Waals surface area contributed by atoms with Gasteiger partial charge in [0.2, 0.25) is 5.91 Å². The minimum atomic E-state index is -3.29. The average Bonchev–Trinajstić information content (AvgIpc) is 3.30. The van der Waals surface area contributed by atoms with Gasteiger partial charge in [0, 0.05) is 18.1 Å². The van der Waals surface area contributed by atoms with Gasteiger partial charge >= 0.3 is 0 Å². The predicted molar refractivity (Wildman–Crippen MR) is 106 cm³/mol. The summed E-state index contributed by atoms with van der Waals surface area (Å²) in [6, 6.07) is 16.7. The number of benzene rings is 2. The van der Waals surface area contributed by atoms with E-state index < -0.39 is 20.5 Å². The quantitative estimate of drug-likeness (QED) is 0.766. The van der Waals surface area contributed by atoms with Gasteiger partial charge in [0.25, 0.3) is 0 Å². The highest BCUT2D eigenvalue weighted by Gasteiger charge is 2.54.